The Bertz CT molecular complexity index is 665. The maximum absolute atomic E-state index is 12.0. The van der Waals surface area contributed by atoms with Crippen molar-refractivity contribution in [1.82, 2.24) is 5.32 Å². The van der Waals surface area contributed by atoms with Crippen LogP contribution in [0.4, 0.5) is 0 Å². The lowest BCUT2D eigenvalue weighted by Gasteiger charge is -2.15. The summed E-state index contributed by atoms with van der Waals surface area (Å²) in [6.45, 7) is 6.10. The number of aryl methyl sites for hydroxylation is 3. The molecular weight excluding hydrogens is 342 g/mol. The van der Waals surface area contributed by atoms with Gasteiger partial charge in [-0.15, -0.1) is 23.4 Å². The Balaban J connectivity index is 1.94. The lowest BCUT2D eigenvalue weighted by Crippen LogP contribution is -2.41. The number of halogens is 1. The number of sulfone groups is 1. The molecule has 0 unspecified atom stereocenters. The highest BCUT2D eigenvalue weighted by Crippen LogP contribution is 2.27. The first kappa shape index (κ1) is 17.6. The SMILES string of the molecule is Cc1cc(C)c(SCC(=O)N[C@@H]2CS(=O)(=O)C[C@@H]2Cl)c(C)c1. The molecular formula is C15H20ClNO3S2. The van der Waals surface area contributed by atoms with Gasteiger partial charge in [-0.3, -0.25) is 4.79 Å². The maximum Gasteiger partial charge on any atom is 0.230 e. The van der Waals surface area contributed by atoms with Crippen LogP contribution >= 0.6 is 23.4 Å². The Labute approximate surface area is 140 Å². The number of thioether (sulfide) groups is 1. The molecule has 0 aliphatic carbocycles. The van der Waals surface area contributed by atoms with Crippen molar-refractivity contribution >= 4 is 39.1 Å². The Kier molecular flexibility index (Phi) is 5.45. The van der Waals surface area contributed by atoms with Gasteiger partial charge in [0, 0.05) is 4.90 Å². The van der Waals surface area contributed by atoms with Crippen molar-refractivity contribution in [3.63, 3.8) is 0 Å². The smallest absolute Gasteiger partial charge is 0.230 e. The van der Waals surface area contributed by atoms with E-state index in [2.05, 4.69) is 17.4 Å². The second-order valence-corrected chi connectivity index (χ2v) is 9.48. The highest BCUT2D eigenvalue weighted by molar-refractivity contribution is 8.00. The fourth-order valence-electron chi connectivity index (χ4n) is 2.72. The Morgan fingerprint density at radius 2 is 1.86 bits per heavy atom. The maximum atomic E-state index is 12.0. The zero-order valence-corrected chi connectivity index (χ0v) is 15.2. The van der Waals surface area contributed by atoms with E-state index >= 15 is 0 Å². The standard InChI is InChI=1S/C15H20ClNO3S2/c1-9-4-10(2)15(11(3)5-9)21-6-14(18)17-13-8-22(19,20)7-12(13)16/h4-5,12-13H,6-8H2,1-3H3,(H,17,18)/t12-,13+/m0/s1. The molecule has 22 heavy (non-hydrogen) atoms. The Morgan fingerprint density at radius 1 is 1.27 bits per heavy atom. The zero-order valence-electron chi connectivity index (χ0n) is 12.8. The Hall–Kier alpha value is -0.720. The number of hydrogen-bond donors (Lipinski definition) is 1. The fourth-order valence-corrected chi connectivity index (χ4v) is 6.20. The molecule has 0 radical (unpaired) electrons. The van der Waals surface area contributed by atoms with Gasteiger partial charge in [0.15, 0.2) is 9.84 Å². The third kappa shape index (κ3) is 4.40. The van der Waals surface area contributed by atoms with Gasteiger partial charge in [-0.2, -0.15) is 0 Å². The van der Waals surface area contributed by atoms with E-state index in [0.717, 1.165) is 16.0 Å². The second-order valence-electron chi connectivity index (χ2n) is 5.78. The number of nitrogens with one attached hydrogen (secondary N) is 1. The van der Waals surface area contributed by atoms with Crippen molar-refractivity contribution in [2.24, 2.45) is 0 Å². The van der Waals surface area contributed by atoms with Crippen molar-refractivity contribution < 1.29 is 13.2 Å². The minimum Gasteiger partial charge on any atom is -0.350 e. The van der Waals surface area contributed by atoms with Crippen LogP contribution in [0.25, 0.3) is 0 Å². The molecule has 1 amide bonds. The molecule has 1 aromatic carbocycles. The average molecular weight is 362 g/mol. The lowest BCUT2D eigenvalue weighted by molar-refractivity contribution is -0.119. The highest BCUT2D eigenvalue weighted by atomic mass is 35.5. The second kappa shape index (κ2) is 6.81. The number of amides is 1. The number of carbonyl (C=O) groups excluding carboxylic acids is 1. The van der Waals surface area contributed by atoms with E-state index in [1.54, 1.807) is 0 Å². The van der Waals surface area contributed by atoms with Crippen LogP contribution in [0.3, 0.4) is 0 Å². The van der Waals surface area contributed by atoms with Gasteiger partial charge in [0.2, 0.25) is 5.91 Å². The van der Waals surface area contributed by atoms with Crippen molar-refractivity contribution in [3.05, 3.63) is 28.8 Å². The predicted molar refractivity (Wildman–Crippen MR) is 91.6 cm³/mol. The first-order valence-corrected chi connectivity index (χ1v) is 10.3. The predicted octanol–water partition coefficient (Wildman–Crippen LogP) is 2.22. The van der Waals surface area contributed by atoms with Gasteiger partial charge < -0.3 is 5.32 Å². The first-order valence-electron chi connectivity index (χ1n) is 7.02. The normalized spacial score (nSPS) is 23.5. The summed E-state index contributed by atoms with van der Waals surface area (Å²) in [5.74, 6) is -0.0643. The minimum absolute atomic E-state index is 0.0666. The molecule has 122 valence electrons. The molecule has 1 aromatic rings. The summed E-state index contributed by atoms with van der Waals surface area (Å²) in [5, 5.41) is 2.19. The van der Waals surface area contributed by atoms with Crippen molar-refractivity contribution in [2.75, 3.05) is 17.3 Å². The van der Waals surface area contributed by atoms with Crippen molar-refractivity contribution in [2.45, 2.75) is 37.1 Å². The van der Waals surface area contributed by atoms with E-state index in [0.29, 0.717) is 0 Å². The van der Waals surface area contributed by atoms with Crippen molar-refractivity contribution in [3.8, 4) is 0 Å². The number of alkyl halides is 1. The van der Waals surface area contributed by atoms with E-state index in [9.17, 15) is 13.2 Å². The van der Waals surface area contributed by atoms with Crippen LogP contribution in [0.2, 0.25) is 0 Å². The molecule has 0 spiro atoms. The fraction of sp³-hybridized carbons (Fsp3) is 0.533. The number of carbonyl (C=O) groups is 1. The van der Waals surface area contributed by atoms with Gasteiger partial charge in [0.1, 0.15) is 0 Å². The molecule has 1 aliphatic heterocycles. The number of hydrogen-bond acceptors (Lipinski definition) is 4. The average Bonchev–Trinajstić information content (AvgIpc) is 2.60. The van der Waals surface area contributed by atoms with Gasteiger partial charge in [-0.1, -0.05) is 17.7 Å². The summed E-state index contributed by atoms with van der Waals surface area (Å²) in [4.78, 5) is 13.1. The van der Waals surface area contributed by atoms with Gasteiger partial charge in [-0.25, -0.2) is 8.42 Å². The van der Waals surface area contributed by atoms with Gasteiger partial charge in [0.25, 0.3) is 0 Å². The van der Waals surface area contributed by atoms with Crippen LogP contribution in [0, 0.1) is 20.8 Å². The monoisotopic (exact) mass is 361 g/mol. The van der Waals surface area contributed by atoms with Gasteiger partial charge >= 0.3 is 0 Å². The highest BCUT2D eigenvalue weighted by Gasteiger charge is 2.37. The van der Waals surface area contributed by atoms with E-state index < -0.39 is 21.3 Å². The lowest BCUT2D eigenvalue weighted by atomic mass is 10.1. The summed E-state index contributed by atoms with van der Waals surface area (Å²) < 4.78 is 23.0. The molecule has 1 aliphatic rings. The molecule has 1 fully saturated rings. The summed E-state index contributed by atoms with van der Waals surface area (Å²) in [6.07, 6.45) is 0. The molecule has 2 rings (SSSR count). The molecule has 2 atom stereocenters. The quantitative estimate of drug-likeness (QED) is 0.659. The van der Waals surface area contributed by atoms with Gasteiger partial charge in [-0.05, 0) is 31.9 Å². The molecule has 0 saturated carbocycles. The molecule has 1 N–H and O–H groups in total. The van der Waals surface area contributed by atoms with E-state index in [1.165, 1.54) is 17.3 Å². The van der Waals surface area contributed by atoms with E-state index in [4.69, 9.17) is 11.6 Å². The van der Waals surface area contributed by atoms with Crippen LogP contribution in [0.15, 0.2) is 17.0 Å². The molecule has 0 bridgehead atoms. The van der Waals surface area contributed by atoms with E-state index in [-0.39, 0.29) is 23.2 Å². The van der Waals surface area contributed by atoms with Crippen LogP contribution < -0.4 is 5.32 Å². The molecule has 7 heteroatoms. The third-order valence-corrected chi connectivity index (χ3v) is 7.30. The molecule has 1 heterocycles. The summed E-state index contributed by atoms with van der Waals surface area (Å²) in [5.41, 5.74) is 3.49. The summed E-state index contributed by atoms with van der Waals surface area (Å²) in [6, 6.07) is 3.69. The third-order valence-electron chi connectivity index (χ3n) is 3.58. The zero-order chi connectivity index (χ0) is 16.5. The Morgan fingerprint density at radius 3 is 2.36 bits per heavy atom. The first-order chi connectivity index (χ1) is 10.2. The summed E-state index contributed by atoms with van der Waals surface area (Å²) >= 11 is 7.46. The number of benzene rings is 1. The van der Waals surface area contributed by atoms with Crippen LogP contribution in [-0.2, 0) is 14.6 Å². The largest absolute Gasteiger partial charge is 0.350 e. The van der Waals surface area contributed by atoms with Crippen LogP contribution in [0.1, 0.15) is 16.7 Å². The van der Waals surface area contributed by atoms with Crippen LogP contribution in [0.5, 0.6) is 0 Å². The molecule has 4 nitrogen and oxygen atoms in total. The summed E-state index contributed by atoms with van der Waals surface area (Å²) in [7, 11) is -3.13. The topological polar surface area (TPSA) is 63.2 Å². The van der Waals surface area contributed by atoms with Gasteiger partial charge in [0.05, 0.1) is 28.7 Å². The molecule has 0 aromatic heterocycles. The minimum atomic E-state index is -3.13. The van der Waals surface area contributed by atoms with E-state index in [1.807, 2.05) is 20.8 Å². The van der Waals surface area contributed by atoms with Crippen LogP contribution in [-0.4, -0.2) is 43.0 Å². The van der Waals surface area contributed by atoms with Crippen molar-refractivity contribution in [1.29, 1.82) is 0 Å². The molecule has 1 saturated heterocycles. The number of rotatable bonds is 4.